The summed E-state index contributed by atoms with van der Waals surface area (Å²) in [5.74, 6) is 0.827. The Balaban J connectivity index is 2.80. The van der Waals surface area contributed by atoms with Gasteiger partial charge in [0.2, 0.25) is 0 Å². The van der Waals surface area contributed by atoms with Gasteiger partial charge in [-0.3, -0.25) is 5.50 Å². The van der Waals surface area contributed by atoms with Crippen molar-refractivity contribution < 1.29 is 0 Å². The maximum absolute atomic E-state index is 6.03. The van der Waals surface area contributed by atoms with E-state index in [1.165, 1.54) is 12.8 Å². The lowest BCUT2D eigenvalue weighted by Gasteiger charge is -2.24. The van der Waals surface area contributed by atoms with Crippen LogP contribution >= 0.6 is 7.53 Å². The van der Waals surface area contributed by atoms with Crippen LogP contribution < -0.4 is 5.50 Å². The van der Waals surface area contributed by atoms with Crippen LogP contribution in [0.5, 0.6) is 0 Å². The molecule has 1 nitrogen and oxygen atoms in total. The molecular weight excluding hydrogens is 153 g/mol. The topological polar surface area (TPSA) is 26.0 Å². The fourth-order valence-corrected chi connectivity index (χ4v) is 3.00. The summed E-state index contributed by atoms with van der Waals surface area (Å²) in [7, 11) is -0.438. The van der Waals surface area contributed by atoms with Crippen molar-refractivity contribution in [3.63, 3.8) is 0 Å². The predicted octanol–water partition coefficient (Wildman–Crippen LogP) is 2.90. The molecule has 0 radical (unpaired) electrons. The number of hydrogen-bond donors (Lipinski definition) is 1. The van der Waals surface area contributed by atoms with Crippen molar-refractivity contribution in [1.29, 1.82) is 0 Å². The van der Waals surface area contributed by atoms with Gasteiger partial charge in [-0.25, -0.2) is 0 Å². The van der Waals surface area contributed by atoms with Gasteiger partial charge in [-0.1, -0.05) is 20.8 Å². The zero-order chi connectivity index (χ0) is 8.48. The summed E-state index contributed by atoms with van der Waals surface area (Å²) in [6.07, 6.45) is 3.65. The van der Waals surface area contributed by atoms with E-state index in [4.69, 9.17) is 5.50 Å². The van der Waals surface area contributed by atoms with Crippen LogP contribution in [-0.2, 0) is 0 Å². The fourth-order valence-electron chi connectivity index (χ4n) is 1.70. The van der Waals surface area contributed by atoms with E-state index in [0.29, 0.717) is 5.16 Å². The first-order valence-electron chi connectivity index (χ1n) is 4.31. The average Bonchev–Trinajstić information content (AvgIpc) is 1.93. The molecule has 0 aromatic heterocycles. The van der Waals surface area contributed by atoms with Gasteiger partial charge in [-0.2, -0.15) is 0 Å². The highest BCUT2D eigenvalue weighted by Crippen LogP contribution is 2.39. The largest absolute Gasteiger partial charge is 0.286 e. The minimum Gasteiger partial charge on any atom is -0.286 e. The monoisotopic (exact) mass is 171 g/mol. The van der Waals surface area contributed by atoms with Gasteiger partial charge in [-0.05, 0) is 26.3 Å². The third kappa shape index (κ3) is 2.24. The molecule has 0 amide bonds. The average molecular weight is 171 g/mol. The zero-order valence-electron chi connectivity index (χ0n) is 7.72. The first kappa shape index (κ1) is 9.13. The summed E-state index contributed by atoms with van der Waals surface area (Å²) in [5.41, 5.74) is 9.44. The second-order valence-electron chi connectivity index (χ2n) is 4.19. The highest BCUT2D eigenvalue weighted by molar-refractivity contribution is 7.46. The third-order valence-electron chi connectivity index (χ3n) is 2.42. The molecule has 1 rings (SSSR count). The van der Waals surface area contributed by atoms with Crippen molar-refractivity contribution in [2.75, 3.05) is 0 Å². The van der Waals surface area contributed by atoms with E-state index in [1.807, 2.05) is 0 Å². The predicted molar refractivity (Wildman–Crippen MR) is 52.1 cm³/mol. The highest BCUT2D eigenvalue weighted by Gasteiger charge is 2.23. The summed E-state index contributed by atoms with van der Waals surface area (Å²) < 4.78 is 0. The van der Waals surface area contributed by atoms with Crippen molar-refractivity contribution in [3.05, 3.63) is 0 Å². The highest BCUT2D eigenvalue weighted by atomic mass is 31.1. The van der Waals surface area contributed by atoms with Crippen LogP contribution in [0, 0.1) is 11.5 Å². The lowest BCUT2D eigenvalue weighted by atomic mass is 9.95. The van der Waals surface area contributed by atoms with Gasteiger partial charge in [-0.15, -0.1) is 5.63 Å². The van der Waals surface area contributed by atoms with E-state index in [9.17, 15) is 0 Å². The van der Waals surface area contributed by atoms with Gasteiger partial charge in [0.15, 0.2) is 0 Å². The van der Waals surface area contributed by atoms with Crippen LogP contribution in [0.2, 0.25) is 0 Å². The second-order valence-corrected chi connectivity index (χ2v) is 6.46. The minimum atomic E-state index is -0.438. The van der Waals surface area contributed by atoms with E-state index in [1.54, 1.807) is 0 Å². The lowest BCUT2D eigenvalue weighted by molar-refractivity contribution is 0.447. The summed E-state index contributed by atoms with van der Waals surface area (Å²) in [6.45, 7) is 6.86. The molecular formula is C9H18NP. The standard InChI is InChI=1S/C9H18NP/c1-8-5-4-6-11(10)9(2,3)7-8/h8H,4-5,7,10H2,1-3H3/t8-/m0/s1. The van der Waals surface area contributed by atoms with Crippen LogP contribution in [-0.4, -0.2) is 5.16 Å². The van der Waals surface area contributed by atoms with Crippen molar-refractivity contribution in [2.45, 2.75) is 45.2 Å². The first-order valence-corrected chi connectivity index (χ1v) is 5.72. The Hall–Kier alpha value is 0.0400. The molecule has 1 aliphatic heterocycles. The minimum absolute atomic E-state index is 0.325. The van der Waals surface area contributed by atoms with E-state index in [0.717, 1.165) is 12.3 Å². The molecule has 0 aromatic rings. The number of hydrogen-bond acceptors (Lipinski definition) is 1. The Morgan fingerprint density at radius 1 is 1.55 bits per heavy atom. The molecule has 1 heterocycles. The van der Waals surface area contributed by atoms with E-state index in [2.05, 4.69) is 26.4 Å². The summed E-state index contributed by atoms with van der Waals surface area (Å²) in [4.78, 5) is 0. The third-order valence-corrected chi connectivity index (χ3v) is 4.47. The molecule has 0 spiro atoms. The van der Waals surface area contributed by atoms with E-state index >= 15 is 0 Å². The van der Waals surface area contributed by atoms with Gasteiger partial charge in [0.05, 0.1) is 0 Å². The van der Waals surface area contributed by atoms with E-state index < -0.39 is 7.53 Å². The molecule has 1 unspecified atom stereocenters. The Morgan fingerprint density at radius 3 is 2.82 bits per heavy atom. The maximum atomic E-state index is 6.03. The van der Waals surface area contributed by atoms with Gasteiger partial charge < -0.3 is 0 Å². The van der Waals surface area contributed by atoms with Crippen LogP contribution in [0.1, 0.15) is 40.0 Å². The van der Waals surface area contributed by atoms with Gasteiger partial charge >= 0.3 is 0 Å². The molecule has 0 aromatic carbocycles. The number of nitrogens with two attached hydrogens (primary N) is 1. The smallest absolute Gasteiger partial charge is 0.0193 e. The number of rotatable bonds is 0. The van der Waals surface area contributed by atoms with Crippen molar-refractivity contribution >= 4 is 7.53 Å². The molecule has 2 N–H and O–H groups in total. The lowest BCUT2D eigenvalue weighted by Crippen LogP contribution is -2.19. The van der Waals surface area contributed by atoms with Crippen LogP contribution in [0.3, 0.4) is 0 Å². The molecule has 0 fully saturated rings. The summed E-state index contributed by atoms with van der Waals surface area (Å²) in [6, 6.07) is 0. The molecule has 2 heteroatoms. The van der Waals surface area contributed by atoms with Gasteiger partial charge in [0.25, 0.3) is 0 Å². The Kier molecular flexibility index (Phi) is 2.65. The fraction of sp³-hybridized carbons (Fsp3) is 0.889. The normalized spacial score (nSPS) is 33.5. The maximum Gasteiger partial charge on any atom is 0.0193 e. The van der Waals surface area contributed by atoms with Crippen molar-refractivity contribution in [3.8, 4) is 5.63 Å². The molecule has 64 valence electrons. The zero-order valence-corrected chi connectivity index (χ0v) is 8.62. The first-order chi connectivity index (χ1) is 5.02. The van der Waals surface area contributed by atoms with Crippen molar-refractivity contribution in [2.24, 2.45) is 11.4 Å². The quantitative estimate of drug-likeness (QED) is 0.557. The SMILES string of the molecule is C[C@H]1CCC#P(N)C(C)(C)C1. The molecule has 0 bridgehead atoms. The van der Waals surface area contributed by atoms with Crippen molar-refractivity contribution in [1.82, 2.24) is 0 Å². The molecule has 11 heavy (non-hydrogen) atoms. The van der Waals surface area contributed by atoms with Crippen LogP contribution in [0.4, 0.5) is 0 Å². The van der Waals surface area contributed by atoms with Gasteiger partial charge in [0.1, 0.15) is 0 Å². The Labute approximate surface area is 70.5 Å². The molecule has 0 aliphatic carbocycles. The van der Waals surface area contributed by atoms with Crippen LogP contribution in [0.15, 0.2) is 0 Å². The molecule has 0 saturated carbocycles. The second kappa shape index (κ2) is 3.19. The Morgan fingerprint density at radius 2 is 2.18 bits per heavy atom. The van der Waals surface area contributed by atoms with Crippen LogP contribution in [0.25, 0.3) is 0 Å². The van der Waals surface area contributed by atoms with Gasteiger partial charge in [0, 0.05) is 11.6 Å². The molecule has 0 saturated heterocycles. The molecule has 2 atom stereocenters. The molecule has 1 aliphatic rings. The summed E-state index contributed by atoms with van der Waals surface area (Å²) in [5, 5.41) is 0.325. The van der Waals surface area contributed by atoms with E-state index in [-0.39, 0.29) is 0 Å². The summed E-state index contributed by atoms with van der Waals surface area (Å²) >= 11 is 0. The Bertz CT molecular complexity index is 219.